The number of non-ortho nitro benzene ring substituents is 1. The lowest BCUT2D eigenvalue weighted by Gasteiger charge is -2.10. The van der Waals surface area contributed by atoms with Crippen molar-refractivity contribution in [1.82, 2.24) is 20.5 Å². The summed E-state index contributed by atoms with van der Waals surface area (Å²) < 4.78 is 0.987. The summed E-state index contributed by atoms with van der Waals surface area (Å²) in [4.78, 5) is 34.6. The number of carbonyl (C=O) groups is 2. The molecule has 0 saturated carbocycles. The molecule has 2 aromatic carbocycles. The third-order valence-corrected chi connectivity index (χ3v) is 4.20. The molecule has 0 unspecified atom stereocenters. The van der Waals surface area contributed by atoms with Gasteiger partial charge in [0.15, 0.2) is 0 Å². The molecule has 3 rings (SSSR count). The van der Waals surface area contributed by atoms with Crippen LogP contribution in [0.25, 0.3) is 10.9 Å². The highest BCUT2D eigenvalue weighted by atomic mass is 16.6. The van der Waals surface area contributed by atoms with Crippen molar-refractivity contribution < 1.29 is 14.5 Å². The number of amides is 3. The Morgan fingerprint density at radius 1 is 1.13 bits per heavy atom. The van der Waals surface area contributed by atoms with E-state index in [4.69, 9.17) is 0 Å². The highest BCUT2D eigenvalue weighted by Gasteiger charge is 2.16. The van der Waals surface area contributed by atoms with Crippen LogP contribution in [0.3, 0.4) is 0 Å². The standard InChI is InChI=1S/C19H21N7O4/c1-2-3-11-20-18(27)21-13-7-9-14(10-8-13)22-23-19(28)25-12-15-16(24-25)5-4-6-17(15)26(29)30/h4-10,12,22H,2-3,11H2,1H3,(H,23,28)(H2,20,21,27). The van der Waals surface area contributed by atoms with E-state index < -0.39 is 11.0 Å². The smallest absolute Gasteiger partial charge is 0.338 e. The van der Waals surface area contributed by atoms with Crippen molar-refractivity contribution >= 4 is 40.0 Å². The minimum Gasteiger partial charge on any atom is -0.338 e. The maximum Gasteiger partial charge on any atom is 0.360 e. The average molecular weight is 411 g/mol. The molecule has 11 heteroatoms. The summed E-state index contributed by atoms with van der Waals surface area (Å²) in [5.41, 5.74) is 6.58. The number of nitro groups is 1. The van der Waals surface area contributed by atoms with Crippen molar-refractivity contribution in [3.63, 3.8) is 0 Å². The van der Waals surface area contributed by atoms with E-state index >= 15 is 0 Å². The lowest BCUT2D eigenvalue weighted by Crippen LogP contribution is -2.33. The Morgan fingerprint density at radius 3 is 2.57 bits per heavy atom. The predicted octanol–water partition coefficient (Wildman–Crippen LogP) is 3.45. The SMILES string of the molecule is CCCCNC(=O)Nc1ccc(NNC(=O)n2cc3c([N+](=O)[O-])cccc3n2)cc1. The number of nitrogens with zero attached hydrogens (tertiary/aromatic N) is 3. The van der Waals surface area contributed by atoms with E-state index in [1.54, 1.807) is 30.3 Å². The summed E-state index contributed by atoms with van der Waals surface area (Å²) in [6.07, 6.45) is 3.21. The number of hydrogen-bond donors (Lipinski definition) is 4. The van der Waals surface area contributed by atoms with Crippen molar-refractivity contribution in [3.05, 3.63) is 58.8 Å². The number of fused-ring (bicyclic) bond motifs is 1. The molecule has 0 aliphatic carbocycles. The van der Waals surface area contributed by atoms with E-state index in [0.717, 1.165) is 17.5 Å². The Balaban J connectivity index is 1.57. The summed E-state index contributed by atoms with van der Waals surface area (Å²) in [6.45, 7) is 2.65. The number of urea groups is 1. The Labute approximate surface area is 171 Å². The number of nitrogens with one attached hydrogen (secondary N) is 4. The van der Waals surface area contributed by atoms with Crippen molar-refractivity contribution in [3.8, 4) is 0 Å². The number of anilines is 2. The molecule has 0 aliphatic heterocycles. The molecule has 0 spiro atoms. The molecule has 3 amide bonds. The van der Waals surface area contributed by atoms with Gasteiger partial charge in [-0.1, -0.05) is 19.4 Å². The zero-order valence-electron chi connectivity index (χ0n) is 16.2. The molecule has 4 N–H and O–H groups in total. The third-order valence-electron chi connectivity index (χ3n) is 4.20. The van der Waals surface area contributed by atoms with Gasteiger partial charge in [-0.05, 0) is 36.8 Å². The van der Waals surface area contributed by atoms with E-state index in [0.29, 0.717) is 23.4 Å². The van der Waals surface area contributed by atoms with Crippen molar-refractivity contribution in [2.45, 2.75) is 19.8 Å². The van der Waals surface area contributed by atoms with E-state index in [-0.39, 0.29) is 17.1 Å². The van der Waals surface area contributed by atoms with Gasteiger partial charge in [-0.15, -0.1) is 0 Å². The van der Waals surface area contributed by atoms with Crippen LogP contribution in [0.2, 0.25) is 0 Å². The topological polar surface area (TPSA) is 143 Å². The Morgan fingerprint density at radius 2 is 1.87 bits per heavy atom. The fourth-order valence-corrected chi connectivity index (χ4v) is 2.66. The molecule has 0 atom stereocenters. The molecule has 0 saturated heterocycles. The summed E-state index contributed by atoms with van der Waals surface area (Å²) >= 11 is 0. The van der Waals surface area contributed by atoms with Crippen LogP contribution in [0.5, 0.6) is 0 Å². The quantitative estimate of drug-likeness (QED) is 0.266. The number of carbonyl (C=O) groups excluding carboxylic acids is 2. The molecule has 0 fully saturated rings. The summed E-state index contributed by atoms with van der Waals surface area (Å²) in [6, 6.07) is 10.3. The van der Waals surface area contributed by atoms with Crippen molar-refractivity contribution in [2.75, 3.05) is 17.3 Å². The van der Waals surface area contributed by atoms with Crippen LogP contribution in [0.4, 0.5) is 26.7 Å². The van der Waals surface area contributed by atoms with Gasteiger partial charge in [0, 0.05) is 18.3 Å². The minimum absolute atomic E-state index is 0.124. The van der Waals surface area contributed by atoms with Crippen molar-refractivity contribution in [1.29, 1.82) is 0 Å². The zero-order valence-corrected chi connectivity index (χ0v) is 16.2. The lowest BCUT2D eigenvalue weighted by molar-refractivity contribution is -0.383. The molecule has 30 heavy (non-hydrogen) atoms. The highest BCUT2D eigenvalue weighted by molar-refractivity contribution is 5.91. The number of benzene rings is 2. The number of hydrazine groups is 1. The van der Waals surface area contributed by atoms with Gasteiger partial charge in [-0.25, -0.2) is 15.0 Å². The maximum atomic E-state index is 12.3. The van der Waals surface area contributed by atoms with Crippen LogP contribution in [0.1, 0.15) is 19.8 Å². The van der Waals surface area contributed by atoms with Gasteiger partial charge in [0.1, 0.15) is 0 Å². The zero-order chi connectivity index (χ0) is 21.5. The largest absolute Gasteiger partial charge is 0.360 e. The van der Waals surface area contributed by atoms with E-state index in [9.17, 15) is 19.7 Å². The summed E-state index contributed by atoms with van der Waals surface area (Å²) in [5, 5.41) is 20.9. The number of unbranched alkanes of at least 4 members (excludes halogenated alkanes) is 1. The number of rotatable bonds is 7. The van der Waals surface area contributed by atoms with Gasteiger partial charge >= 0.3 is 12.1 Å². The van der Waals surface area contributed by atoms with Gasteiger partial charge in [0.25, 0.3) is 5.69 Å². The maximum absolute atomic E-state index is 12.3. The van der Waals surface area contributed by atoms with E-state index in [1.165, 1.54) is 18.3 Å². The Hall–Kier alpha value is -4.15. The second kappa shape index (κ2) is 9.37. The molecule has 1 aromatic heterocycles. The molecular formula is C19H21N7O4. The number of hydrogen-bond acceptors (Lipinski definition) is 6. The predicted molar refractivity (Wildman–Crippen MR) is 112 cm³/mol. The molecule has 0 radical (unpaired) electrons. The van der Waals surface area contributed by atoms with Crippen LogP contribution in [0.15, 0.2) is 48.7 Å². The lowest BCUT2D eigenvalue weighted by atomic mass is 10.2. The van der Waals surface area contributed by atoms with Crippen LogP contribution in [0, 0.1) is 10.1 Å². The van der Waals surface area contributed by atoms with Gasteiger partial charge in [-0.2, -0.15) is 9.78 Å². The fraction of sp³-hybridized carbons (Fsp3) is 0.211. The third kappa shape index (κ3) is 5.01. The van der Waals surface area contributed by atoms with E-state index in [1.807, 2.05) is 6.92 Å². The first-order valence-electron chi connectivity index (χ1n) is 9.32. The van der Waals surface area contributed by atoms with E-state index in [2.05, 4.69) is 26.6 Å². The molecule has 156 valence electrons. The first-order chi connectivity index (χ1) is 14.5. The van der Waals surface area contributed by atoms with Gasteiger partial charge in [0.05, 0.1) is 27.7 Å². The Bertz CT molecular complexity index is 1060. The van der Waals surface area contributed by atoms with Crippen LogP contribution in [-0.4, -0.2) is 33.3 Å². The van der Waals surface area contributed by atoms with Crippen LogP contribution < -0.4 is 21.5 Å². The van der Waals surface area contributed by atoms with Crippen LogP contribution in [-0.2, 0) is 0 Å². The van der Waals surface area contributed by atoms with Gasteiger partial charge in [-0.3, -0.25) is 15.5 Å². The van der Waals surface area contributed by atoms with Crippen LogP contribution >= 0.6 is 0 Å². The fourth-order valence-electron chi connectivity index (χ4n) is 2.66. The summed E-state index contributed by atoms with van der Waals surface area (Å²) in [5.74, 6) is 0. The first-order valence-corrected chi connectivity index (χ1v) is 9.32. The highest BCUT2D eigenvalue weighted by Crippen LogP contribution is 2.24. The molecule has 0 bridgehead atoms. The average Bonchev–Trinajstić information content (AvgIpc) is 3.17. The number of nitro benzene ring substituents is 1. The first kappa shape index (κ1) is 20.6. The minimum atomic E-state index is -0.613. The summed E-state index contributed by atoms with van der Waals surface area (Å²) in [7, 11) is 0. The second-order valence-electron chi connectivity index (χ2n) is 6.41. The second-order valence-corrected chi connectivity index (χ2v) is 6.41. The van der Waals surface area contributed by atoms with Crippen molar-refractivity contribution in [2.24, 2.45) is 0 Å². The molecule has 1 heterocycles. The normalized spacial score (nSPS) is 10.4. The molecule has 3 aromatic rings. The van der Waals surface area contributed by atoms with Gasteiger partial charge < -0.3 is 10.6 Å². The molecular weight excluding hydrogens is 390 g/mol. The number of aromatic nitrogens is 2. The Kier molecular flexibility index (Phi) is 6.42. The molecule has 11 nitrogen and oxygen atoms in total. The monoisotopic (exact) mass is 411 g/mol. The van der Waals surface area contributed by atoms with Gasteiger partial charge in [0.2, 0.25) is 0 Å². The molecule has 0 aliphatic rings.